The molecule has 10 heteroatoms. The first-order chi connectivity index (χ1) is 18.0. The van der Waals surface area contributed by atoms with Gasteiger partial charge in [0.05, 0.1) is 30.6 Å². The number of para-hydroxylation sites is 2. The summed E-state index contributed by atoms with van der Waals surface area (Å²) in [6.45, 7) is 4.21. The Morgan fingerprint density at radius 2 is 1.86 bits per heavy atom. The average molecular weight is 523 g/mol. The van der Waals surface area contributed by atoms with Gasteiger partial charge in [-0.1, -0.05) is 35.9 Å². The molecule has 3 aromatic rings. The molecule has 1 fully saturated rings. The molecule has 37 heavy (non-hydrogen) atoms. The summed E-state index contributed by atoms with van der Waals surface area (Å²) in [5.74, 6) is -0.361. The molecular weight excluding hydrogens is 492 g/mol. The van der Waals surface area contributed by atoms with Crippen molar-refractivity contribution in [1.29, 1.82) is 0 Å². The molecule has 0 saturated carbocycles. The fourth-order valence-electron chi connectivity index (χ4n) is 4.10. The molecule has 5 N–H and O–H groups in total. The molecule has 1 aliphatic rings. The van der Waals surface area contributed by atoms with Crippen molar-refractivity contribution < 1.29 is 14.3 Å². The van der Waals surface area contributed by atoms with Crippen molar-refractivity contribution in [2.75, 3.05) is 49.2 Å². The van der Waals surface area contributed by atoms with Gasteiger partial charge in [0.1, 0.15) is 5.69 Å². The van der Waals surface area contributed by atoms with Crippen LogP contribution in [0.25, 0.3) is 0 Å². The van der Waals surface area contributed by atoms with Gasteiger partial charge in [0.15, 0.2) is 0 Å². The maximum atomic E-state index is 12.8. The molecule has 1 unspecified atom stereocenters. The van der Waals surface area contributed by atoms with Crippen LogP contribution in [0.2, 0.25) is 5.02 Å². The fourth-order valence-corrected chi connectivity index (χ4v) is 4.29. The van der Waals surface area contributed by atoms with Gasteiger partial charge in [-0.25, -0.2) is 4.79 Å². The van der Waals surface area contributed by atoms with E-state index in [4.69, 9.17) is 22.1 Å². The highest BCUT2D eigenvalue weighted by Crippen LogP contribution is 2.21. The highest BCUT2D eigenvalue weighted by molar-refractivity contribution is 6.30. The standard InChI is InChI=1S/C27H31ClN6O3/c28-20-5-3-6-21(17-20)31-27(36)33-23(9-4-12-34-13-15-37-16-14-34)19-10-11-25(30-18-19)26(35)32-24-8-2-1-7-22(24)29/h1-3,5-8,10-11,17-18,23H,4,9,12-16,29H2,(H,32,35)(H2,31,33,36). The lowest BCUT2D eigenvalue weighted by atomic mass is 10.0. The molecule has 2 heterocycles. The zero-order chi connectivity index (χ0) is 26.0. The van der Waals surface area contributed by atoms with Crippen LogP contribution in [-0.4, -0.2) is 54.7 Å². The summed E-state index contributed by atoms with van der Waals surface area (Å²) in [6.07, 6.45) is 3.20. The summed E-state index contributed by atoms with van der Waals surface area (Å²) in [5.41, 5.74) is 8.58. The monoisotopic (exact) mass is 522 g/mol. The van der Waals surface area contributed by atoms with Gasteiger partial charge < -0.3 is 26.4 Å². The number of ether oxygens (including phenoxy) is 1. The summed E-state index contributed by atoms with van der Waals surface area (Å²) < 4.78 is 5.42. The number of carbonyl (C=O) groups is 2. The van der Waals surface area contributed by atoms with Crippen LogP contribution in [0.4, 0.5) is 21.9 Å². The van der Waals surface area contributed by atoms with Gasteiger partial charge >= 0.3 is 6.03 Å². The molecule has 194 valence electrons. The van der Waals surface area contributed by atoms with E-state index in [1.54, 1.807) is 60.8 Å². The van der Waals surface area contributed by atoms with Crippen molar-refractivity contribution in [3.05, 3.63) is 83.1 Å². The van der Waals surface area contributed by atoms with Crippen molar-refractivity contribution in [3.8, 4) is 0 Å². The third-order valence-electron chi connectivity index (χ3n) is 6.09. The first-order valence-corrected chi connectivity index (χ1v) is 12.6. The Morgan fingerprint density at radius 3 is 2.59 bits per heavy atom. The van der Waals surface area contributed by atoms with Gasteiger partial charge in [-0.15, -0.1) is 0 Å². The first-order valence-electron chi connectivity index (χ1n) is 12.2. The lowest BCUT2D eigenvalue weighted by molar-refractivity contribution is 0.0369. The third kappa shape index (κ3) is 7.91. The van der Waals surface area contributed by atoms with Crippen LogP contribution in [0.5, 0.6) is 0 Å². The molecule has 0 aliphatic carbocycles. The van der Waals surface area contributed by atoms with Gasteiger partial charge in [0.25, 0.3) is 5.91 Å². The number of morpholine rings is 1. The summed E-state index contributed by atoms with van der Waals surface area (Å²) >= 11 is 6.04. The second-order valence-corrected chi connectivity index (χ2v) is 9.21. The Hall–Kier alpha value is -3.66. The molecular formula is C27H31ClN6O3. The molecule has 2 aromatic carbocycles. The third-order valence-corrected chi connectivity index (χ3v) is 6.32. The van der Waals surface area contributed by atoms with Crippen LogP contribution in [-0.2, 0) is 4.74 Å². The molecule has 1 saturated heterocycles. The maximum absolute atomic E-state index is 12.8. The number of carbonyl (C=O) groups excluding carboxylic acids is 2. The summed E-state index contributed by atoms with van der Waals surface area (Å²) in [5, 5.41) is 9.18. The van der Waals surface area contributed by atoms with Crippen LogP contribution in [0.3, 0.4) is 0 Å². The second kappa shape index (κ2) is 13.0. The van der Waals surface area contributed by atoms with E-state index in [-0.39, 0.29) is 23.7 Å². The van der Waals surface area contributed by atoms with Crippen LogP contribution in [0, 0.1) is 0 Å². The van der Waals surface area contributed by atoms with E-state index in [1.165, 1.54) is 0 Å². The Kier molecular flexibility index (Phi) is 9.31. The van der Waals surface area contributed by atoms with Crippen molar-refractivity contribution in [2.45, 2.75) is 18.9 Å². The number of anilines is 3. The lowest BCUT2D eigenvalue weighted by Gasteiger charge is -2.27. The van der Waals surface area contributed by atoms with E-state index in [1.807, 2.05) is 6.07 Å². The number of halogens is 1. The number of urea groups is 1. The van der Waals surface area contributed by atoms with Gasteiger partial charge in [0, 0.05) is 30.0 Å². The van der Waals surface area contributed by atoms with Gasteiger partial charge in [-0.2, -0.15) is 0 Å². The minimum Gasteiger partial charge on any atom is -0.397 e. The van der Waals surface area contributed by atoms with E-state index < -0.39 is 0 Å². The number of amides is 3. The number of nitrogens with one attached hydrogen (secondary N) is 3. The second-order valence-electron chi connectivity index (χ2n) is 8.78. The van der Waals surface area contributed by atoms with E-state index in [0.29, 0.717) is 28.5 Å². The van der Waals surface area contributed by atoms with Crippen molar-refractivity contribution in [1.82, 2.24) is 15.2 Å². The van der Waals surface area contributed by atoms with E-state index in [9.17, 15) is 9.59 Å². The molecule has 0 radical (unpaired) electrons. The number of nitrogens with zero attached hydrogens (tertiary/aromatic N) is 2. The zero-order valence-electron chi connectivity index (χ0n) is 20.5. The highest BCUT2D eigenvalue weighted by Gasteiger charge is 2.18. The van der Waals surface area contributed by atoms with Gasteiger partial charge in [-0.3, -0.25) is 14.7 Å². The Balaban J connectivity index is 1.42. The van der Waals surface area contributed by atoms with E-state index >= 15 is 0 Å². The molecule has 0 bridgehead atoms. The van der Waals surface area contributed by atoms with Crippen LogP contribution in [0.15, 0.2) is 66.9 Å². The number of aromatic nitrogens is 1. The van der Waals surface area contributed by atoms with Crippen molar-refractivity contribution in [2.24, 2.45) is 0 Å². The lowest BCUT2D eigenvalue weighted by Crippen LogP contribution is -2.37. The number of nitrogen functional groups attached to an aromatic ring is 1. The molecule has 3 amide bonds. The Morgan fingerprint density at radius 1 is 1.05 bits per heavy atom. The SMILES string of the molecule is Nc1ccccc1NC(=O)c1ccc(C(CCCN2CCOCC2)NC(=O)Nc2cccc(Cl)c2)cn1. The molecule has 1 atom stereocenters. The summed E-state index contributed by atoms with van der Waals surface area (Å²) in [4.78, 5) is 32.2. The quantitative estimate of drug-likeness (QED) is 0.306. The highest BCUT2D eigenvalue weighted by atomic mass is 35.5. The average Bonchev–Trinajstić information content (AvgIpc) is 2.90. The zero-order valence-corrected chi connectivity index (χ0v) is 21.2. The van der Waals surface area contributed by atoms with Crippen LogP contribution in [0.1, 0.15) is 34.9 Å². The van der Waals surface area contributed by atoms with Crippen LogP contribution >= 0.6 is 11.6 Å². The predicted octanol–water partition coefficient (Wildman–Crippen LogP) is 4.54. The predicted molar refractivity (Wildman–Crippen MR) is 146 cm³/mol. The Labute approximate surface area is 221 Å². The van der Waals surface area contributed by atoms with Crippen molar-refractivity contribution in [3.63, 3.8) is 0 Å². The number of nitrogens with two attached hydrogens (primary N) is 1. The number of pyridine rings is 1. The first kappa shape index (κ1) is 26.4. The molecule has 9 nitrogen and oxygen atoms in total. The maximum Gasteiger partial charge on any atom is 0.319 e. The Bertz CT molecular complexity index is 1200. The number of hydrogen-bond donors (Lipinski definition) is 4. The van der Waals surface area contributed by atoms with Gasteiger partial charge in [0.2, 0.25) is 0 Å². The summed E-state index contributed by atoms with van der Waals surface area (Å²) in [7, 11) is 0. The largest absolute Gasteiger partial charge is 0.397 e. The molecule has 1 aromatic heterocycles. The minimum absolute atomic E-state index is 0.252. The van der Waals surface area contributed by atoms with E-state index in [0.717, 1.165) is 44.8 Å². The molecule has 0 spiro atoms. The molecule has 4 rings (SSSR count). The number of hydrogen-bond acceptors (Lipinski definition) is 6. The smallest absolute Gasteiger partial charge is 0.319 e. The normalized spacial score (nSPS) is 14.5. The fraction of sp³-hybridized carbons (Fsp3) is 0.296. The van der Waals surface area contributed by atoms with Gasteiger partial charge in [-0.05, 0) is 61.3 Å². The van der Waals surface area contributed by atoms with E-state index in [2.05, 4.69) is 25.8 Å². The topological polar surface area (TPSA) is 122 Å². The summed E-state index contributed by atoms with van der Waals surface area (Å²) in [6, 6.07) is 16.8. The minimum atomic E-state index is -0.361. The number of rotatable bonds is 9. The number of benzene rings is 2. The molecule has 1 aliphatic heterocycles. The van der Waals surface area contributed by atoms with Crippen molar-refractivity contribution >= 4 is 40.6 Å². The van der Waals surface area contributed by atoms with Crippen LogP contribution < -0.4 is 21.7 Å².